The Morgan fingerprint density at radius 2 is 1.84 bits per heavy atom. The van der Waals surface area contributed by atoms with Crippen LogP contribution in [0.2, 0.25) is 0 Å². The zero-order valence-electron chi connectivity index (χ0n) is 10.2. The Balaban J connectivity index is 1.89. The smallest absolute Gasteiger partial charge is 0.259 e. The summed E-state index contributed by atoms with van der Waals surface area (Å²) >= 11 is 1.69. The number of carbonyl (C=O) groups excluding carboxylic acids is 1. The highest BCUT2D eigenvalue weighted by atomic mass is 32.1. The summed E-state index contributed by atoms with van der Waals surface area (Å²) in [6.45, 7) is 0.657. The number of anilines is 1. The molecule has 0 saturated heterocycles. The van der Waals surface area contributed by atoms with Crippen molar-refractivity contribution < 1.29 is 4.79 Å². The van der Waals surface area contributed by atoms with E-state index in [9.17, 15) is 4.79 Å². The van der Waals surface area contributed by atoms with Gasteiger partial charge in [0.15, 0.2) is 0 Å². The first-order valence-electron chi connectivity index (χ1n) is 6.20. The van der Waals surface area contributed by atoms with Crippen molar-refractivity contribution in [3.63, 3.8) is 0 Å². The van der Waals surface area contributed by atoms with Gasteiger partial charge in [0.05, 0.1) is 12.2 Å². The summed E-state index contributed by atoms with van der Waals surface area (Å²) in [7, 11) is 0. The second-order valence-corrected chi connectivity index (χ2v) is 5.68. The summed E-state index contributed by atoms with van der Waals surface area (Å²) in [5.74, 6) is 0.111. The molecule has 2 heterocycles. The second kappa shape index (κ2) is 3.93. The van der Waals surface area contributed by atoms with Crippen LogP contribution >= 0.6 is 11.3 Å². The number of hydrogen-bond donors (Lipinski definition) is 0. The number of thiophene rings is 1. The van der Waals surface area contributed by atoms with E-state index in [2.05, 4.69) is 18.2 Å². The summed E-state index contributed by atoms with van der Waals surface area (Å²) in [4.78, 5) is 15.6. The van der Waals surface area contributed by atoms with Crippen molar-refractivity contribution in [3.8, 4) is 0 Å². The Kier molecular flexibility index (Phi) is 2.23. The fourth-order valence-electron chi connectivity index (χ4n) is 2.69. The third-order valence-electron chi connectivity index (χ3n) is 3.54. The lowest BCUT2D eigenvalue weighted by atomic mass is 10.1. The fourth-order valence-corrected chi connectivity index (χ4v) is 3.39. The first kappa shape index (κ1) is 10.8. The summed E-state index contributed by atoms with van der Waals surface area (Å²) < 4.78 is 0. The van der Waals surface area contributed by atoms with Gasteiger partial charge in [-0.2, -0.15) is 0 Å². The van der Waals surface area contributed by atoms with Gasteiger partial charge in [0.2, 0.25) is 0 Å². The van der Waals surface area contributed by atoms with Crippen LogP contribution in [0.3, 0.4) is 0 Å². The van der Waals surface area contributed by atoms with Crippen LogP contribution in [-0.4, -0.2) is 5.91 Å². The van der Waals surface area contributed by atoms with Crippen LogP contribution in [-0.2, 0) is 6.54 Å². The maximum Gasteiger partial charge on any atom is 0.259 e. The third kappa shape index (κ3) is 1.52. The predicted octanol–water partition coefficient (Wildman–Crippen LogP) is 4.06. The zero-order valence-corrected chi connectivity index (χ0v) is 11.0. The average molecular weight is 265 g/mol. The van der Waals surface area contributed by atoms with E-state index < -0.39 is 0 Å². The van der Waals surface area contributed by atoms with Gasteiger partial charge in [0.25, 0.3) is 5.91 Å². The van der Waals surface area contributed by atoms with E-state index in [0.717, 1.165) is 22.0 Å². The maximum absolute atomic E-state index is 12.5. The lowest BCUT2D eigenvalue weighted by Gasteiger charge is -2.16. The van der Waals surface area contributed by atoms with E-state index in [-0.39, 0.29) is 5.91 Å². The van der Waals surface area contributed by atoms with Gasteiger partial charge in [0.1, 0.15) is 0 Å². The first-order valence-corrected chi connectivity index (χ1v) is 7.08. The van der Waals surface area contributed by atoms with Crippen LogP contribution < -0.4 is 4.90 Å². The number of amides is 1. The summed E-state index contributed by atoms with van der Waals surface area (Å²) in [6, 6.07) is 16.1. The van der Waals surface area contributed by atoms with Crippen LogP contribution in [0.1, 0.15) is 15.2 Å². The molecule has 0 fully saturated rings. The van der Waals surface area contributed by atoms with Gasteiger partial charge in [0, 0.05) is 15.8 Å². The predicted molar refractivity (Wildman–Crippen MR) is 78.8 cm³/mol. The first-order chi connectivity index (χ1) is 9.34. The van der Waals surface area contributed by atoms with Crippen LogP contribution in [0.25, 0.3) is 10.8 Å². The Labute approximate surface area is 114 Å². The van der Waals surface area contributed by atoms with Gasteiger partial charge in [-0.25, -0.2) is 0 Å². The van der Waals surface area contributed by atoms with E-state index in [1.807, 2.05) is 40.6 Å². The van der Waals surface area contributed by atoms with E-state index in [0.29, 0.717) is 6.54 Å². The van der Waals surface area contributed by atoms with Gasteiger partial charge in [-0.1, -0.05) is 30.3 Å². The van der Waals surface area contributed by atoms with Gasteiger partial charge in [-0.05, 0) is 29.0 Å². The molecule has 0 saturated carbocycles. The van der Waals surface area contributed by atoms with Gasteiger partial charge < -0.3 is 4.90 Å². The molecule has 0 radical (unpaired) electrons. The molecule has 0 aliphatic carbocycles. The van der Waals surface area contributed by atoms with Crippen LogP contribution in [0.5, 0.6) is 0 Å². The lowest BCUT2D eigenvalue weighted by molar-refractivity contribution is 0.0991. The Hall–Kier alpha value is -2.13. The van der Waals surface area contributed by atoms with Gasteiger partial charge in [-0.15, -0.1) is 11.3 Å². The van der Waals surface area contributed by atoms with Crippen molar-refractivity contribution in [1.82, 2.24) is 0 Å². The molecule has 1 aliphatic rings. The summed E-state index contributed by atoms with van der Waals surface area (Å²) in [5.41, 5.74) is 1.86. The minimum Gasteiger partial charge on any atom is -0.302 e. The van der Waals surface area contributed by atoms with Gasteiger partial charge in [-0.3, -0.25) is 4.79 Å². The highest BCUT2D eigenvalue weighted by Gasteiger charge is 2.29. The molecule has 2 aromatic carbocycles. The number of rotatable bonds is 2. The number of carbonyl (C=O) groups is 1. The molecule has 0 unspecified atom stereocenters. The number of benzene rings is 2. The van der Waals surface area contributed by atoms with E-state index >= 15 is 0 Å². The van der Waals surface area contributed by atoms with Crippen molar-refractivity contribution in [1.29, 1.82) is 0 Å². The maximum atomic E-state index is 12.5. The van der Waals surface area contributed by atoms with E-state index in [4.69, 9.17) is 0 Å². The largest absolute Gasteiger partial charge is 0.302 e. The molecule has 3 aromatic rings. The zero-order chi connectivity index (χ0) is 12.8. The van der Waals surface area contributed by atoms with Gasteiger partial charge >= 0.3 is 0 Å². The number of nitrogens with zero attached hydrogens (tertiary/aromatic N) is 1. The molecule has 0 atom stereocenters. The molecule has 0 N–H and O–H groups in total. The summed E-state index contributed by atoms with van der Waals surface area (Å²) in [6.07, 6.45) is 0. The lowest BCUT2D eigenvalue weighted by Crippen LogP contribution is -2.25. The summed E-state index contributed by atoms with van der Waals surface area (Å²) in [5, 5.41) is 4.27. The van der Waals surface area contributed by atoms with Crippen LogP contribution in [0, 0.1) is 0 Å². The Morgan fingerprint density at radius 1 is 1.00 bits per heavy atom. The van der Waals surface area contributed by atoms with Crippen molar-refractivity contribution in [2.75, 3.05) is 4.90 Å². The topological polar surface area (TPSA) is 20.3 Å². The normalized spacial score (nSPS) is 13.5. The molecule has 1 aliphatic heterocycles. The minimum atomic E-state index is 0.111. The standard InChI is InChI=1S/C16H11NOS/c18-16-13-7-1-4-11-5-2-8-14(15(11)13)17(16)10-12-6-3-9-19-12/h1-9H,10H2. The molecule has 1 aromatic heterocycles. The molecule has 1 amide bonds. The van der Waals surface area contributed by atoms with E-state index in [1.165, 1.54) is 4.88 Å². The monoisotopic (exact) mass is 265 g/mol. The SMILES string of the molecule is O=C1c2cccc3cccc(c23)N1Cc1cccs1. The molecule has 19 heavy (non-hydrogen) atoms. The Morgan fingerprint density at radius 3 is 2.63 bits per heavy atom. The molecular weight excluding hydrogens is 254 g/mol. The van der Waals surface area contributed by atoms with Crippen molar-refractivity contribution >= 4 is 33.7 Å². The van der Waals surface area contributed by atoms with E-state index in [1.54, 1.807) is 11.3 Å². The molecule has 2 nitrogen and oxygen atoms in total. The highest BCUT2D eigenvalue weighted by molar-refractivity contribution is 7.09. The molecule has 0 spiro atoms. The average Bonchev–Trinajstić information content (AvgIpc) is 3.04. The molecule has 4 rings (SSSR count). The van der Waals surface area contributed by atoms with Crippen LogP contribution in [0.4, 0.5) is 5.69 Å². The molecule has 92 valence electrons. The number of hydrogen-bond acceptors (Lipinski definition) is 2. The Bertz CT molecular complexity index is 771. The molecular formula is C16H11NOS. The molecule has 3 heteroatoms. The second-order valence-electron chi connectivity index (χ2n) is 4.65. The quantitative estimate of drug-likeness (QED) is 0.684. The molecule has 0 bridgehead atoms. The highest BCUT2D eigenvalue weighted by Crippen LogP contribution is 2.38. The van der Waals surface area contributed by atoms with Crippen molar-refractivity contribution in [2.24, 2.45) is 0 Å². The van der Waals surface area contributed by atoms with Crippen molar-refractivity contribution in [2.45, 2.75) is 6.54 Å². The van der Waals surface area contributed by atoms with Crippen LogP contribution in [0.15, 0.2) is 53.9 Å². The van der Waals surface area contributed by atoms with Crippen molar-refractivity contribution in [3.05, 3.63) is 64.4 Å². The third-order valence-corrected chi connectivity index (χ3v) is 4.40. The fraction of sp³-hybridized carbons (Fsp3) is 0.0625. The minimum absolute atomic E-state index is 0.111.